The molecule has 0 aliphatic carbocycles. The zero-order valence-corrected chi connectivity index (χ0v) is 14.4. The molecule has 1 aromatic carbocycles. The smallest absolute Gasteiger partial charge is 0.246 e. The largest absolute Gasteiger partial charge is 0.357 e. The maximum absolute atomic E-state index is 13.6. The van der Waals surface area contributed by atoms with Gasteiger partial charge in [-0.15, -0.1) is 0 Å². The van der Waals surface area contributed by atoms with Crippen molar-refractivity contribution in [1.29, 1.82) is 0 Å². The van der Waals surface area contributed by atoms with Crippen LogP contribution in [0.5, 0.6) is 0 Å². The predicted octanol–water partition coefficient (Wildman–Crippen LogP) is 2.74. The fourth-order valence-electron chi connectivity index (χ4n) is 2.77. The summed E-state index contributed by atoms with van der Waals surface area (Å²) in [5, 5.41) is 5.35. The summed E-state index contributed by atoms with van der Waals surface area (Å²) in [6.07, 6.45) is 2.21. The molecule has 2 N–H and O–H groups in total. The second kappa shape index (κ2) is 8.73. The first kappa shape index (κ1) is 19.1. The van der Waals surface area contributed by atoms with E-state index < -0.39 is 29.0 Å². The maximum atomic E-state index is 13.6. The molecule has 1 unspecified atom stereocenters. The molecule has 1 aliphatic heterocycles. The highest BCUT2D eigenvalue weighted by molar-refractivity contribution is 5.94. The van der Waals surface area contributed by atoms with Gasteiger partial charge in [-0.3, -0.25) is 4.79 Å². The molecule has 0 saturated carbocycles. The molecule has 1 aromatic rings. The lowest BCUT2D eigenvalue weighted by Gasteiger charge is -2.33. The fourth-order valence-corrected chi connectivity index (χ4v) is 2.77. The fraction of sp³-hybridized carbons (Fsp3) is 0.529. The van der Waals surface area contributed by atoms with Gasteiger partial charge < -0.3 is 15.5 Å². The highest BCUT2D eigenvalue weighted by atomic mass is 19.2. The third-order valence-electron chi connectivity index (χ3n) is 3.97. The molecule has 1 saturated heterocycles. The zero-order chi connectivity index (χ0) is 18.4. The number of rotatable bonds is 4. The minimum Gasteiger partial charge on any atom is -0.357 e. The van der Waals surface area contributed by atoms with Crippen LogP contribution in [0, 0.1) is 23.4 Å². The van der Waals surface area contributed by atoms with Gasteiger partial charge in [0.05, 0.1) is 5.69 Å². The molecule has 1 heterocycles. The first-order valence-electron chi connectivity index (χ1n) is 8.39. The van der Waals surface area contributed by atoms with Gasteiger partial charge in [0, 0.05) is 19.6 Å². The highest BCUT2D eigenvalue weighted by Gasteiger charge is 2.20. The summed E-state index contributed by atoms with van der Waals surface area (Å²) >= 11 is 0. The Morgan fingerprint density at radius 3 is 2.76 bits per heavy atom. The van der Waals surface area contributed by atoms with E-state index in [-0.39, 0.29) is 6.54 Å². The van der Waals surface area contributed by atoms with Crippen molar-refractivity contribution >= 4 is 17.6 Å². The molecule has 1 amide bonds. The van der Waals surface area contributed by atoms with Crippen molar-refractivity contribution in [2.75, 3.05) is 31.5 Å². The molecule has 0 radical (unpaired) electrons. The molecular formula is C17H23F3N4O. The van der Waals surface area contributed by atoms with Crippen LogP contribution in [0.1, 0.15) is 26.7 Å². The van der Waals surface area contributed by atoms with E-state index in [1.54, 1.807) is 0 Å². The lowest BCUT2D eigenvalue weighted by molar-refractivity contribution is -0.114. The molecule has 8 heteroatoms. The zero-order valence-electron chi connectivity index (χ0n) is 14.4. The van der Waals surface area contributed by atoms with Gasteiger partial charge in [-0.1, -0.05) is 6.92 Å². The van der Waals surface area contributed by atoms with Crippen LogP contribution in [-0.2, 0) is 4.79 Å². The number of anilines is 1. The maximum Gasteiger partial charge on any atom is 0.246 e. The minimum absolute atomic E-state index is 0.244. The Morgan fingerprint density at radius 1 is 1.32 bits per heavy atom. The van der Waals surface area contributed by atoms with E-state index in [9.17, 15) is 18.0 Å². The van der Waals surface area contributed by atoms with Gasteiger partial charge in [-0.25, -0.2) is 18.2 Å². The van der Waals surface area contributed by atoms with Crippen LogP contribution in [-0.4, -0.2) is 42.9 Å². The number of piperidine rings is 1. The van der Waals surface area contributed by atoms with Crippen molar-refractivity contribution in [1.82, 2.24) is 10.2 Å². The van der Waals surface area contributed by atoms with E-state index in [4.69, 9.17) is 0 Å². The molecule has 5 nitrogen and oxygen atoms in total. The van der Waals surface area contributed by atoms with Crippen molar-refractivity contribution in [3.05, 3.63) is 29.6 Å². The van der Waals surface area contributed by atoms with Crippen LogP contribution >= 0.6 is 0 Å². The summed E-state index contributed by atoms with van der Waals surface area (Å²) in [6.45, 7) is 6.21. The van der Waals surface area contributed by atoms with E-state index in [2.05, 4.69) is 27.4 Å². The molecule has 1 aliphatic rings. The summed E-state index contributed by atoms with van der Waals surface area (Å²) in [6, 6.07) is 1.74. The lowest BCUT2D eigenvalue weighted by Crippen LogP contribution is -2.46. The Kier molecular flexibility index (Phi) is 6.66. The van der Waals surface area contributed by atoms with E-state index in [1.807, 2.05) is 6.92 Å². The SMILES string of the molecule is CCNC(=NCC(=O)Nc1ccc(F)c(F)c1F)N1CCCC(C)C1. The Hall–Kier alpha value is -2.25. The third-order valence-corrected chi connectivity index (χ3v) is 3.97. The van der Waals surface area contributed by atoms with Crippen molar-refractivity contribution in [3.8, 4) is 0 Å². The first-order chi connectivity index (χ1) is 11.9. The Bertz CT molecular complexity index is 651. The highest BCUT2D eigenvalue weighted by Crippen LogP contribution is 2.19. The number of nitrogens with one attached hydrogen (secondary N) is 2. The monoisotopic (exact) mass is 356 g/mol. The average Bonchev–Trinajstić information content (AvgIpc) is 2.59. The number of hydrogen-bond acceptors (Lipinski definition) is 2. The standard InChI is InChI=1S/C17H23F3N4O/c1-3-21-17(24-8-4-5-11(2)10-24)22-9-14(25)23-13-7-6-12(18)15(19)16(13)20/h6-7,11H,3-5,8-10H2,1-2H3,(H,21,22)(H,23,25). The first-order valence-corrected chi connectivity index (χ1v) is 8.39. The molecule has 0 bridgehead atoms. The summed E-state index contributed by atoms with van der Waals surface area (Å²) in [7, 11) is 0. The quantitative estimate of drug-likeness (QED) is 0.496. The molecular weight excluding hydrogens is 333 g/mol. The summed E-state index contributed by atoms with van der Waals surface area (Å²) < 4.78 is 39.7. The number of aliphatic imine (C=N–C) groups is 1. The number of carbonyl (C=O) groups is 1. The molecule has 1 fully saturated rings. The van der Waals surface area contributed by atoms with E-state index in [1.165, 1.54) is 0 Å². The number of guanidine groups is 1. The molecule has 2 rings (SSSR count). The Labute approximate surface area is 145 Å². The van der Waals surface area contributed by atoms with Gasteiger partial charge in [0.15, 0.2) is 23.4 Å². The van der Waals surface area contributed by atoms with Gasteiger partial charge >= 0.3 is 0 Å². The topological polar surface area (TPSA) is 56.7 Å². The number of benzene rings is 1. The number of likely N-dealkylation sites (tertiary alicyclic amines) is 1. The van der Waals surface area contributed by atoms with Gasteiger partial charge in [-0.05, 0) is 37.8 Å². The number of nitrogens with zero attached hydrogens (tertiary/aromatic N) is 2. The molecule has 1 atom stereocenters. The molecule has 0 spiro atoms. The number of carbonyl (C=O) groups excluding carboxylic acids is 1. The minimum atomic E-state index is -1.61. The van der Waals surface area contributed by atoms with Gasteiger partial charge in [0.2, 0.25) is 5.91 Å². The van der Waals surface area contributed by atoms with Crippen LogP contribution < -0.4 is 10.6 Å². The van der Waals surface area contributed by atoms with Gasteiger partial charge in [0.1, 0.15) is 6.54 Å². The Morgan fingerprint density at radius 2 is 2.08 bits per heavy atom. The number of hydrogen-bond donors (Lipinski definition) is 2. The predicted molar refractivity (Wildman–Crippen MR) is 90.9 cm³/mol. The van der Waals surface area contributed by atoms with Crippen molar-refractivity contribution < 1.29 is 18.0 Å². The number of halogens is 3. The number of amides is 1. The molecule has 138 valence electrons. The van der Waals surface area contributed by atoms with Crippen LogP contribution in [0.2, 0.25) is 0 Å². The van der Waals surface area contributed by atoms with E-state index >= 15 is 0 Å². The van der Waals surface area contributed by atoms with Crippen LogP contribution in [0.15, 0.2) is 17.1 Å². The lowest BCUT2D eigenvalue weighted by atomic mass is 10.0. The second-order valence-electron chi connectivity index (χ2n) is 6.13. The van der Waals surface area contributed by atoms with Crippen molar-refractivity contribution in [3.63, 3.8) is 0 Å². The molecule has 0 aromatic heterocycles. The molecule has 25 heavy (non-hydrogen) atoms. The Balaban J connectivity index is 2.02. The third kappa shape index (κ3) is 5.11. The second-order valence-corrected chi connectivity index (χ2v) is 6.13. The summed E-state index contributed by atoms with van der Waals surface area (Å²) in [4.78, 5) is 18.3. The average molecular weight is 356 g/mol. The van der Waals surface area contributed by atoms with Crippen molar-refractivity contribution in [2.45, 2.75) is 26.7 Å². The summed E-state index contributed by atoms with van der Waals surface area (Å²) in [5.74, 6) is -3.78. The van der Waals surface area contributed by atoms with Gasteiger partial charge in [-0.2, -0.15) is 0 Å². The van der Waals surface area contributed by atoms with Gasteiger partial charge in [0.25, 0.3) is 0 Å². The van der Waals surface area contributed by atoms with E-state index in [0.717, 1.165) is 38.1 Å². The summed E-state index contributed by atoms with van der Waals surface area (Å²) in [5.41, 5.74) is -0.407. The normalized spacial score (nSPS) is 18.2. The van der Waals surface area contributed by atoms with Crippen LogP contribution in [0.4, 0.5) is 18.9 Å². The van der Waals surface area contributed by atoms with Crippen LogP contribution in [0.3, 0.4) is 0 Å². The van der Waals surface area contributed by atoms with Crippen LogP contribution in [0.25, 0.3) is 0 Å². The van der Waals surface area contributed by atoms with E-state index in [0.29, 0.717) is 18.4 Å². The van der Waals surface area contributed by atoms with Crippen molar-refractivity contribution in [2.24, 2.45) is 10.9 Å².